The highest BCUT2D eigenvalue weighted by molar-refractivity contribution is 7.90. The van der Waals surface area contributed by atoms with Crippen molar-refractivity contribution in [2.75, 3.05) is 32.4 Å². The van der Waals surface area contributed by atoms with Crippen LogP contribution in [-0.2, 0) is 16.9 Å². The fourth-order valence-electron chi connectivity index (χ4n) is 6.63. The molecule has 2 aliphatic heterocycles. The number of hydrogen-bond donors (Lipinski definition) is 0. The summed E-state index contributed by atoms with van der Waals surface area (Å²) in [5.41, 5.74) is 2.96. The number of imidazole rings is 1. The van der Waals surface area contributed by atoms with Gasteiger partial charge in [-0.3, -0.25) is 0 Å². The zero-order chi connectivity index (χ0) is 25.7. The minimum absolute atomic E-state index is 0.243. The van der Waals surface area contributed by atoms with Gasteiger partial charge >= 0.3 is 0 Å². The minimum Gasteiger partial charge on any atom is -0.325 e. The first kappa shape index (κ1) is 25.0. The molecule has 1 saturated carbocycles. The zero-order valence-corrected chi connectivity index (χ0v) is 22.7. The lowest BCUT2D eigenvalue weighted by Crippen LogP contribution is -2.51. The molecule has 3 fully saturated rings. The van der Waals surface area contributed by atoms with Gasteiger partial charge in [-0.2, -0.15) is 0 Å². The van der Waals surface area contributed by atoms with Crippen LogP contribution in [0, 0.1) is 5.82 Å². The van der Waals surface area contributed by atoms with E-state index in [9.17, 15) is 8.42 Å². The monoisotopic (exact) mass is 524 g/mol. The van der Waals surface area contributed by atoms with Crippen LogP contribution in [0.15, 0.2) is 41.3 Å². The van der Waals surface area contributed by atoms with Crippen molar-refractivity contribution in [3.8, 4) is 11.4 Å². The first-order chi connectivity index (χ1) is 17.8. The average Bonchev–Trinajstić information content (AvgIpc) is 3.20. The maximum atomic E-state index is 15.4. The Hall–Kier alpha value is -2.29. The number of fused-ring (bicyclic) bond motifs is 1. The Morgan fingerprint density at radius 1 is 0.865 bits per heavy atom. The summed E-state index contributed by atoms with van der Waals surface area (Å²) in [4.78, 5) is 10.4. The second-order valence-corrected chi connectivity index (χ2v) is 13.3. The van der Waals surface area contributed by atoms with Crippen molar-refractivity contribution in [3.05, 3.63) is 47.8 Å². The molecular formula is C29H37FN4O2S. The molecule has 198 valence electrons. The number of aromatic nitrogens is 2. The van der Waals surface area contributed by atoms with Crippen LogP contribution in [0.2, 0.25) is 0 Å². The van der Waals surface area contributed by atoms with E-state index in [1.165, 1.54) is 51.4 Å². The van der Waals surface area contributed by atoms with Crippen LogP contribution in [0.1, 0.15) is 56.4 Å². The van der Waals surface area contributed by atoms with Crippen molar-refractivity contribution in [2.24, 2.45) is 7.05 Å². The lowest BCUT2D eigenvalue weighted by molar-refractivity contribution is 0.0468. The number of aryl methyl sites for hydroxylation is 1. The second-order valence-electron chi connectivity index (χ2n) is 11.3. The summed E-state index contributed by atoms with van der Waals surface area (Å²) in [5, 5.41) is 0. The standard InChI is InChI=1S/C29H37FN4O2S/c1-32-28-26(30)18-22(19-27(28)31-29(32)21-6-8-25(9-7-21)37(2,35)36)20-10-14-33(15-11-20)24-12-16-34(17-13-24)23-4-3-5-23/h6-9,18-20,23-24H,3-5,10-17H2,1-2H3. The number of piperidine rings is 2. The number of rotatable bonds is 5. The summed E-state index contributed by atoms with van der Waals surface area (Å²) in [7, 11) is -1.46. The van der Waals surface area contributed by atoms with Gasteiger partial charge in [-0.05, 0) is 113 Å². The Labute approximate surface area is 219 Å². The van der Waals surface area contributed by atoms with Gasteiger partial charge in [0.05, 0.1) is 10.4 Å². The predicted molar refractivity (Wildman–Crippen MR) is 145 cm³/mol. The smallest absolute Gasteiger partial charge is 0.175 e. The zero-order valence-electron chi connectivity index (χ0n) is 21.9. The minimum atomic E-state index is -3.27. The van der Waals surface area contributed by atoms with Crippen LogP contribution < -0.4 is 0 Å². The summed E-state index contributed by atoms with van der Waals surface area (Å²) in [6.07, 6.45) is 10.1. The highest BCUT2D eigenvalue weighted by Gasteiger charge is 2.32. The van der Waals surface area contributed by atoms with E-state index in [4.69, 9.17) is 4.98 Å². The van der Waals surface area contributed by atoms with Crippen molar-refractivity contribution in [3.63, 3.8) is 0 Å². The van der Waals surface area contributed by atoms with E-state index in [0.29, 0.717) is 28.8 Å². The van der Waals surface area contributed by atoms with Crippen LogP contribution >= 0.6 is 0 Å². The van der Waals surface area contributed by atoms with Gasteiger partial charge < -0.3 is 14.4 Å². The number of benzene rings is 2. The van der Waals surface area contributed by atoms with E-state index in [2.05, 4.69) is 15.9 Å². The summed E-state index contributed by atoms with van der Waals surface area (Å²) in [6.45, 7) is 4.66. The molecule has 0 spiro atoms. The molecule has 0 radical (unpaired) electrons. The molecule has 0 bridgehead atoms. The van der Waals surface area contributed by atoms with Crippen LogP contribution in [0.5, 0.6) is 0 Å². The quantitative estimate of drug-likeness (QED) is 0.471. The highest BCUT2D eigenvalue weighted by Crippen LogP contribution is 2.35. The third-order valence-corrected chi connectivity index (χ3v) is 10.2. The molecule has 37 heavy (non-hydrogen) atoms. The summed E-state index contributed by atoms with van der Waals surface area (Å²) < 4.78 is 40.7. The summed E-state index contributed by atoms with van der Waals surface area (Å²) in [6, 6.07) is 12.0. The van der Waals surface area contributed by atoms with Gasteiger partial charge in [0.1, 0.15) is 17.2 Å². The Kier molecular flexibility index (Phi) is 6.62. The third kappa shape index (κ3) is 4.84. The van der Waals surface area contributed by atoms with E-state index in [1.807, 2.05) is 7.05 Å². The van der Waals surface area contributed by atoms with Crippen LogP contribution in [0.25, 0.3) is 22.4 Å². The molecular weight excluding hydrogens is 487 g/mol. The molecule has 1 aliphatic carbocycles. The lowest BCUT2D eigenvalue weighted by atomic mass is 9.86. The van der Waals surface area contributed by atoms with Crippen LogP contribution in [-0.4, -0.2) is 72.3 Å². The molecule has 0 unspecified atom stereocenters. The highest BCUT2D eigenvalue weighted by atomic mass is 32.2. The number of sulfone groups is 1. The maximum absolute atomic E-state index is 15.4. The topological polar surface area (TPSA) is 58.4 Å². The normalized spacial score (nSPS) is 21.5. The molecule has 0 N–H and O–H groups in total. The molecule has 8 heteroatoms. The van der Waals surface area contributed by atoms with Crippen molar-refractivity contribution < 1.29 is 12.8 Å². The molecule has 3 aliphatic rings. The molecule has 2 aromatic carbocycles. The van der Waals surface area contributed by atoms with Gasteiger partial charge in [0, 0.05) is 31.0 Å². The molecule has 6 rings (SSSR count). The Morgan fingerprint density at radius 2 is 1.46 bits per heavy atom. The van der Waals surface area contributed by atoms with Gasteiger partial charge in [-0.25, -0.2) is 17.8 Å². The largest absolute Gasteiger partial charge is 0.325 e. The van der Waals surface area contributed by atoms with Gasteiger partial charge in [0.25, 0.3) is 0 Å². The average molecular weight is 525 g/mol. The van der Waals surface area contributed by atoms with Crippen molar-refractivity contribution >= 4 is 20.9 Å². The summed E-state index contributed by atoms with van der Waals surface area (Å²) in [5.74, 6) is 0.742. The first-order valence-corrected chi connectivity index (χ1v) is 15.6. The Bertz CT molecular complexity index is 1380. The van der Waals surface area contributed by atoms with E-state index >= 15 is 4.39 Å². The van der Waals surface area contributed by atoms with Gasteiger partial charge in [0.15, 0.2) is 9.84 Å². The Morgan fingerprint density at radius 3 is 2.03 bits per heavy atom. The molecule has 1 aromatic heterocycles. The Balaban J connectivity index is 1.15. The lowest BCUT2D eigenvalue weighted by Gasteiger charge is -2.45. The number of nitrogens with zero attached hydrogens (tertiary/aromatic N) is 4. The number of hydrogen-bond acceptors (Lipinski definition) is 5. The SMILES string of the molecule is Cn1c(-c2ccc(S(C)(=O)=O)cc2)nc2cc(C3CCN(C4CCN(C5CCC5)CC4)CC3)cc(F)c21. The van der Waals surface area contributed by atoms with Gasteiger partial charge in [-0.15, -0.1) is 0 Å². The molecule has 3 aromatic rings. The molecule has 2 saturated heterocycles. The van der Waals surface area contributed by atoms with Crippen molar-refractivity contribution in [1.29, 1.82) is 0 Å². The third-order valence-electron chi connectivity index (χ3n) is 9.09. The molecule has 6 nitrogen and oxygen atoms in total. The van der Waals surface area contributed by atoms with E-state index in [0.717, 1.165) is 43.1 Å². The molecule has 0 atom stereocenters. The van der Waals surface area contributed by atoms with E-state index < -0.39 is 9.84 Å². The second kappa shape index (κ2) is 9.79. The van der Waals surface area contributed by atoms with Crippen molar-refractivity contribution in [1.82, 2.24) is 19.4 Å². The van der Waals surface area contributed by atoms with E-state index in [-0.39, 0.29) is 10.7 Å². The van der Waals surface area contributed by atoms with Gasteiger partial charge in [0.2, 0.25) is 0 Å². The molecule has 3 heterocycles. The first-order valence-electron chi connectivity index (χ1n) is 13.7. The van der Waals surface area contributed by atoms with Crippen LogP contribution in [0.3, 0.4) is 0 Å². The number of halogens is 1. The van der Waals surface area contributed by atoms with E-state index in [1.54, 1.807) is 34.9 Å². The van der Waals surface area contributed by atoms with Crippen LogP contribution in [0.4, 0.5) is 4.39 Å². The number of likely N-dealkylation sites (tertiary alicyclic amines) is 2. The maximum Gasteiger partial charge on any atom is 0.175 e. The molecule has 0 amide bonds. The fourth-order valence-corrected chi connectivity index (χ4v) is 7.26. The van der Waals surface area contributed by atoms with Gasteiger partial charge in [-0.1, -0.05) is 6.42 Å². The summed E-state index contributed by atoms with van der Waals surface area (Å²) >= 11 is 0. The fraction of sp³-hybridized carbons (Fsp3) is 0.552. The predicted octanol–water partition coefficient (Wildman–Crippen LogP) is 4.98. The van der Waals surface area contributed by atoms with Crippen molar-refractivity contribution in [2.45, 2.75) is 67.8 Å².